The molecule has 2 aromatic rings. The molecule has 0 radical (unpaired) electrons. The Labute approximate surface area is 161 Å². The summed E-state index contributed by atoms with van der Waals surface area (Å²) in [7, 11) is -1.19. The molecule has 1 aromatic heterocycles. The van der Waals surface area contributed by atoms with E-state index in [0.717, 1.165) is 6.07 Å². The Morgan fingerprint density at radius 3 is 2.50 bits per heavy atom. The van der Waals surface area contributed by atoms with Crippen molar-refractivity contribution in [2.75, 3.05) is 37.4 Å². The van der Waals surface area contributed by atoms with Gasteiger partial charge in [-0.3, -0.25) is 4.79 Å². The minimum absolute atomic E-state index is 0.127. The Bertz CT molecular complexity index is 952. The van der Waals surface area contributed by atoms with Gasteiger partial charge >= 0.3 is 5.76 Å². The minimum atomic E-state index is -4.88. The Balaban J connectivity index is 2.01. The molecule has 0 saturated carbocycles. The number of alkyl halides is 2. The number of sulfone groups is 1. The largest absolute Gasteiger partial charge is 0.368 e. The van der Waals surface area contributed by atoms with Crippen molar-refractivity contribution in [3.05, 3.63) is 41.7 Å². The first-order chi connectivity index (χ1) is 13.1. The number of hydrogen-bond acceptors (Lipinski definition) is 7. The van der Waals surface area contributed by atoms with Gasteiger partial charge in [0, 0.05) is 33.3 Å². The maximum atomic E-state index is 12.8. The molecule has 0 bridgehead atoms. The van der Waals surface area contributed by atoms with Crippen LogP contribution in [0.15, 0.2) is 35.2 Å². The molecule has 0 fully saturated rings. The Morgan fingerprint density at radius 2 is 1.86 bits per heavy atom. The number of aryl methyl sites for hydroxylation is 1. The molecule has 152 valence electrons. The first-order valence-electron chi connectivity index (χ1n) is 8.29. The summed E-state index contributed by atoms with van der Waals surface area (Å²) in [5.41, 5.74) is -0.324. The molecule has 0 spiro atoms. The zero-order chi connectivity index (χ0) is 20.9. The lowest BCUT2D eigenvalue weighted by Crippen LogP contribution is -2.30. The van der Waals surface area contributed by atoms with Crippen molar-refractivity contribution in [3.8, 4) is 0 Å². The molecule has 0 aliphatic heterocycles. The van der Waals surface area contributed by atoms with Gasteiger partial charge in [-0.05, 0) is 19.1 Å². The van der Waals surface area contributed by atoms with Crippen LogP contribution in [0.25, 0.3) is 0 Å². The number of amides is 1. The number of rotatable bonds is 8. The van der Waals surface area contributed by atoms with Gasteiger partial charge in [0.1, 0.15) is 17.5 Å². The van der Waals surface area contributed by atoms with Gasteiger partial charge in [-0.15, -0.1) is 0 Å². The molecule has 2 rings (SSSR count). The van der Waals surface area contributed by atoms with Gasteiger partial charge in [-0.2, -0.15) is 8.78 Å². The predicted molar refractivity (Wildman–Crippen MR) is 102 cm³/mol. The minimum Gasteiger partial charge on any atom is -0.368 e. The van der Waals surface area contributed by atoms with Crippen molar-refractivity contribution in [3.63, 3.8) is 0 Å². The summed E-state index contributed by atoms with van der Waals surface area (Å²) >= 11 is 0. The topological polar surface area (TPSA) is 104 Å². The third kappa shape index (κ3) is 5.12. The molecule has 8 nitrogen and oxygen atoms in total. The number of nitrogens with zero attached hydrogens (tertiary/aromatic N) is 3. The number of nitrogens with one attached hydrogen (secondary N) is 2. The SMILES string of the molecule is Cc1nc(NCCNC(=O)c2ccccc2S(=O)(=O)C(F)F)cc(N(C)C)n1. The van der Waals surface area contributed by atoms with Gasteiger partial charge in [0.25, 0.3) is 5.91 Å². The van der Waals surface area contributed by atoms with Crippen molar-refractivity contribution in [2.24, 2.45) is 0 Å². The first-order valence-corrected chi connectivity index (χ1v) is 9.83. The van der Waals surface area contributed by atoms with Crippen molar-refractivity contribution in [2.45, 2.75) is 17.6 Å². The van der Waals surface area contributed by atoms with Gasteiger partial charge in [0.05, 0.1) is 10.5 Å². The maximum absolute atomic E-state index is 12.8. The molecule has 0 unspecified atom stereocenters. The summed E-state index contributed by atoms with van der Waals surface area (Å²) in [4.78, 5) is 21.9. The molecule has 1 heterocycles. The summed E-state index contributed by atoms with van der Waals surface area (Å²) in [5, 5.41) is 5.53. The predicted octanol–water partition coefficient (Wildman–Crippen LogP) is 1.69. The van der Waals surface area contributed by atoms with E-state index in [-0.39, 0.29) is 12.1 Å². The normalized spacial score (nSPS) is 11.4. The summed E-state index contributed by atoms with van der Waals surface area (Å²) in [6.45, 7) is 2.17. The van der Waals surface area contributed by atoms with Crippen molar-refractivity contribution in [1.82, 2.24) is 15.3 Å². The van der Waals surface area contributed by atoms with Crippen LogP contribution >= 0.6 is 0 Å². The van der Waals surface area contributed by atoms with Gasteiger partial charge in [0.2, 0.25) is 9.84 Å². The third-order valence-electron chi connectivity index (χ3n) is 3.67. The van der Waals surface area contributed by atoms with E-state index < -0.39 is 26.4 Å². The lowest BCUT2D eigenvalue weighted by Gasteiger charge is -2.14. The fourth-order valence-electron chi connectivity index (χ4n) is 2.33. The molecule has 1 aromatic carbocycles. The number of aromatic nitrogens is 2. The smallest absolute Gasteiger partial charge is 0.341 e. The molecule has 0 atom stereocenters. The van der Waals surface area contributed by atoms with E-state index in [9.17, 15) is 22.0 Å². The van der Waals surface area contributed by atoms with Crippen LogP contribution in [0.5, 0.6) is 0 Å². The van der Waals surface area contributed by atoms with E-state index in [0.29, 0.717) is 24.0 Å². The van der Waals surface area contributed by atoms with Gasteiger partial charge in [-0.1, -0.05) is 12.1 Å². The van der Waals surface area contributed by atoms with Crippen LogP contribution in [-0.2, 0) is 9.84 Å². The zero-order valence-corrected chi connectivity index (χ0v) is 16.4. The monoisotopic (exact) mass is 413 g/mol. The molecule has 0 aliphatic rings. The molecular formula is C17H21F2N5O3S. The van der Waals surface area contributed by atoms with E-state index in [1.807, 2.05) is 19.0 Å². The molecule has 2 N–H and O–H groups in total. The standard InChI is InChI=1S/C17H21F2N5O3S/c1-11-22-14(10-15(23-11)24(2)3)20-8-9-21-16(25)12-6-4-5-7-13(12)28(26,27)17(18)19/h4-7,10,17H,8-9H2,1-3H3,(H,21,25)(H,20,22,23). The first kappa shape index (κ1) is 21.5. The Morgan fingerprint density at radius 1 is 1.18 bits per heavy atom. The number of benzene rings is 1. The van der Waals surface area contributed by atoms with Gasteiger partial charge in [0.15, 0.2) is 0 Å². The molecule has 11 heteroatoms. The second-order valence-electron chi connectivity index (χ2n) is 6.04. The van der Waals surface area contributed by atoms with Crippen molar-refractivity contribution in [1.29, 1.82) is 0 Å². The molecule has 0 aliphatic carbocycles. The highest BCUT2D eigenvalue weighted by molar-refractivity contribution is 7.91. The quantitative estimate of drug-likeness (QED) is 0.635. The number of anilines is 2. The highest BCUT2D eigenvalue weighted by Gasteiger charge is 2.30. The third-order valence-corrected chi connectivity index (χ3v) is 5.11. The summed E-state index contributed by atoms with van der Waals surface area (Å²) in [6.07, 6.45) is 0. The fraction of sp³-hybridized carbons (Fsp3) is 0.353. The summed E-state index contributed by atoms with van der Waals surface area (Å²) in [5.74, 6) is -2.51. The average Bonchev–Trinajstić information content (AvgIpc) is 2.64. The van der Waals surface area contributed by atoms with Gasteiger partial charge in [-0.25, -0.2) is 18.4 Å². The van der Waals surface area contributed by atoms with Crippen LogP contribution in [-0.4, -0.2) is 57.2 Å². The lowest BCUT2D eigenvalue weighted by molar-refractivity contribution is 0.0951. The second-order valence-corrected chi connectivity index (χ2v) is 7.92. The van der Waals surface area contributed by atoms with E-state index >= 15 is 0 Å². The maximum Gasteiger partial charge on any atom is 0.341 e. The van der Waals surface area contributed by atoms with E-state index in [1.165, 1.54) is 18.2 Å². The zero-order valence-electron chi connectivity index (χ0n) is 15.6. The number of halogens is 2. The molecule has 28 heavy (non-hydrogen) atoms. The number of hydrogen-bond donors (Lipinski definition) is 2. The van der Waals surface area contributed by atoms with Crippen LogP contribution in [0.1, 0.15) is 16.2 Å². The van der Waals surface area contributed by atoms with Crippen LogP contribution in [0.3, 0.4) is 0 Å². The molecule has 1 amide bonds. The fourth-order valence-corrected chi connectivity index (χ4v) is 3.26. The van der Waals surface area contributed by atoms with Crippen LogP contribution in [0.2, 0.25) is 0 Å². The highest BCUT2D eigenvalue weighted by Crippen LogP contribution is 2.22. The van der Waals surface area contributed by atoms with Crippen LogP contribution in [0.4, 0.5) is 20.4 Å². The van der Waals surface area contributed by atoms with Crippen molar-refractivity contribution >= 4 is 27.4 Å². The van der Waals surface area contributed by atoms with E-state index in [4.69, 9.17) is 0 Å². The average molecular weight is 413 g/mol. The van der Waals surface area contributed by atoms with E-state index in [2.05, 4.69) is 20.6 Å². The Hall–Kier alpha value is -2.82. The summed E-state index contributed by atoms with van der Waals surface area (Å²) < 4.78 is 49.1. The molecule has 0 saturated heterocycles. The van der Waals surface area contributed by atoms with E-state index in [1.54, 1.807) is 13.0 Å². The lowest BCUT2D eigenvalue weighted by atomic mass is 10.2. The summed E-state index contributed by atoms with van der Waals surface area (Å²) in [6, 6.07) is 6.60. The highest BCUT2D eigenvalue weighted by atomic mass is 32.2. The van der Waals surface area contributed by atoms with Crippen molar-refractivity contribution < 1.29 is 22.0 Å². The van der Waals surface area contributed by atoms with Gasteiger partial charge < -0.3 is 15.5 Å². The number of carbonyl (C=O) groups is 1. The number of carbonyl (C=O) groups excluding carboxylic acids is 1. The molecular weight excluding hydrogens is 392 g/mol. The second kappa shape index (κ2) is 8.91. The van der Waals surface area contributed by atoms with Crippen LogP contribution < -0.4 is 15.5 Å². The Kier molecular flexibility index (Phi) is 6.84. The van der Waals surface area contributed by atoms with Crippen LogP contribution in [0, 0.1) is 6.92 Å².